The lowest BCUT2D eigenvalue weighted by molar-refractivity contribution is 0.460. The van der Waals surface area contributed by atoms with Crippen molar-refractivity contribution in [2.45, 2.75) is 4.90 Å². The molecule has 2 rings (SSSR count). The van der Waals surface area contributed by atoms with Crippen LogP contribution in [0.3, 0.4) is 0 Å². The van der Waals surface area contributed by atoms with Crippen LogP contribution in [0.2, 0.25) is 5.02 Å². The number of halogens is 3. The predicted molar refractivity (Wildman–Crippen MR) is 68.8 cm³/mol. The van der Waals surface area contributed by atoms with Gasteiger partial charge in [-0.25, -0.2) is 17.8 Å². The van der Waals surface area contributed by atoms with Crippen molar-refractivity contribution in [1.82, 2.24) is 4.98 Å². The third kappa shape index (κ3) is 3.56. The largest absolute Gasteiger partial charge is 0.439 e. The molecule has 1 aromatic heterocycles. The van der Waals surface area contributed by atoms with E-state index in [-0.39, 0.29) is 21.5 Å². The molecule has 100 valence electrons. The summed E-state index contributed by atoms with van der Waals surface area (Å²) >= 11 is 5.59. The molecule has 0 bridgehead atoms. The molecular formula is C11H6Cl2FNO3S. The van der Waals surface area contributed by atoms with E-state index in [4.69, 9.17) is 27.0 Å². The van der Waals surface area contributed by atoms with Crippen LogP contribution in [0.15, 0.2) is 41.4 Å². The van der Waals surface area contributed by atoms with Crippen molar-refractivity contribution in [3.63, 3.8) is 0 Å². The summed E-state index contributed by atoms with van der Waals surface area (Å²) in [7, 11) is 1.32. The molecule has 1 heterocycles. The highest BCUT2D eigenvalue weighted by atomic mass is 35.7. The van der Waals surface area contributed by atoms with E-state index >= 15 is 0 Å². The minimum atomic E-state index is -3.82. The SMILES string of the molecule is O=S(=O)(Cl)c1ccc(Oc2ccc(F)c(Cl)c2)nc1. The number of benzene rings is 1. The number of aromatic nitrogens is 1. The van der Waals surface area contributed by atoms with Crippen LogP contribution in [0, 0.1) is 5.82 Å². The zero-order chi connectivity index (χ0) is 14.0. The molecular weight excluding hydrogens is 316 g/mol. The van der Waals surface area contributed by atoms with Gasteiger partial charge in [0.25, 0.3) is 9.05 Å². The Hall–Kier alpha value is -1.37. The maximum absolute atomic E-state index is 12.9. The van der Waals surface area contributed by atoms with Gasteiger partial charge in [-0.1, -0.05) is 11.6 Å². The van der Waals surface area contributed by atoms with Gasteiger partial charge in [-0.3, -0.25) is 0 Å². The highest BCUT2D eigenvalue weighted by Crippen LogP contribution is 2.25. The zero-order valence-electron chi connectivity index (χ0n) is 9.18. The minimum absolute atomic E-state index is 0.0857. The first-order valence-corrected chi connectivity index (χ1v) is 7.58. The molecule has 0 N–H and O–H groups in total. The van der Waals surface area contributed by atoms with Gasteiger partial charge in [0.15, 0.2) is 0 Å². The van der Waals surface area contributed by atoms with Gasteiger partial charge in [-0.15, -0.1) is 0 Å². The predicted octanol–water partition coefficient (Wildman–Crippen LogP) is 3.59. The summed E-state index contributed by atoms with van der Waals surface area (Å²) in [5, 5.41) is -0.0857. The Morgan fingerprint density at radius 1 is 1.21 bits per heavy atom. The molecule has 0 aliphatic rings. The number of pyridine rings is 1. The molecule has 2 aromatic rings. The van der Waals surface area contributed by atoms with E-state index in [0.29, 0.717) is 0 Å². The summed E-state index contributed by atoms with van der Waals surface area (Å²) in [5.74, 6) is -0.155. The maximum atomic E-state index is 12.9. The zero-order valence-corrected chi connectivity index (χ0v) is 11.5. The Balaban J connectivity index is 2.22. The molecule has 8 heteroatoms. The number of rotatable bonds is 3. The third-order valence-corrected chi connectivity index (χ3v) is 3.73. The molecule has 0 aliphatic carbocycles. The van der Waals surface area contributed by atoms with Crippen molar-refractivity contribution in [2.24, 2.45) is 0 Å². The fourth-order valence-corrected chi connectivity index (χ4v) is 2.09. The van der Waals surface area contributed by atoms with Crippen LogP contribution in [0.1, 0.15) is 0 Å². The average molecular weight is 322 g/mol. The van der Waals surface area contributed by atoms with Gasteiger partial charge in [0.05, 0.1) is 11.2 Å². The molecule has 0 saturated carbocycles. The monoisotopic (exact) mass is 321 g/mol. The second kappa shape index (κ2) is 5.32. The molecule has 1 aromatic carbocycles. The Morgan fingerprint density at radius 2 is 1.95 bits per heavy atom. The van der Waals surface area contributed by atoms with Crippen molar-refractivity contribution in [3.8, 4) is 11.6 Å². The quantitative estimate of drug-likeness (QED) is 0.810. The van der Waals surface area contributed by atoms with E-state index in [2.05, 4.69) is 4.98 Å². The molecule has 0 radical (unpaired) electrons. The van der Waals surface area contributed by atoms with Crippen molar-refractivity contribution in [2.75, 3.05) is 0 Å². The maximum Gasteiger partial charge on any atom is 0.262 e. The van der Waals surface area contributed by atoms with Gasteiger partial charge in [0.2, 0.25) is 5.88 Å². The summed E-state index contributed by atoms with van der Waals surface area (Å²) in [6.07, 6.45) is 1.06. The van der Waals surface area contributed by atoms with Crippen LogP contribution >= 0.6 is 22.3 Å². The van der Waals surface area contributed by atoms with Gasteiger partial charge >= 0.3 is 0 Å². The lowest BCUT2D eigenvalue weighted by atomic mass is 10.3. The lowest BCUT2D eigenvalue weighted by Gasteiger charge is -2.05. The number of hydrogen-bond donors (Lipinski definition) is 0. The van der Waals surface area contributed by atoms with Crippen molar-refractivity contribution < 1.29 is 17.5 Å². The van der Waals surface area contributed by atoms with Crippen molar-refractivity contribution >= 4 is 31.3 Å². The van der Waals surface area contributed by atoms with E-state index in [1.165, 1.54) is 24.3 Å². The molecule has 0 saturated heterocycles. The van der Waals surface area contributed by atoms with Gasteiger partial charge in [0.1, 0.15) is 16.5 Å². The highest BCUT2D eigenvalue weighted by molar-refractivity contribution is 8.13. The Labute approximate surface area is 118 Å². The van der Waals surface area contributed by atoms with E-state index in [1.807, 2.05) is 0 Å². The molecule has 0 amide bonds. The molecule has 0 fully saturated rings. The Bertz CT molecular complexity index is 704. The van der Waals surface area contributed by atoms with Gasteiger partial charge in [0, 0.05) is 22.8 Å². The summed E-state index contributed by atoms with van der Waals surface area (Å²) in [6, 6.07) is 6.37. The van der Waals surface area contributed by atoms with Gasteiger partial charge in [-0.2, -0.15) is 0 Å². The van der Waals surface area contributed by atoms with Crippen LogP contribution in [0.4, 0.5) is 4.39 Å². The van der Waals surface area contributed by atoms with Gasteiger partial charge < -0.3 is 4.74 Å². The van der Waals surface area contributed by atoms with Crippen LogP contribution < -0.4 is 4.74 Å². The summed E-state index contributed by atoms with van der Waals surface area (Å²) in [5.41, 5.74) is 0. The molecule has 0 atom stereocenters. The number of nitrogens with zero attached hydrogens (tertiary/aromatic N) is 1. The average Bonchev–Trinajstić information content (AvgIpc) is 2.33. The number of hydrogen-bond acceptors (Lipinski definition) is 4. The molecule has 0 unspecified atom stereocenters. The Morgan fingerprint density at radius 3 is 2.47 bits per heavy atom. The van der Waals surface area contributed by atoms with Crippen LogP contribution in [-0.4, -0.2) is 13.4 Å². The fraction of sp³-hybridized carbons (Fsp3) is 0. The smallest absolute Gasteiger partial charge is 0.262 e. The fourth-order valence-electron chi connectivity index (χ4n) is 1.23. The minimum Gasteiger partial charge on any atom is -0.439 e. The first-order valence-electron chi connectivity index (χ1n) is 4.90. The molecule has 0 aliphatic heterocycles. The normalized spacial score (nSPS) is 11.3. The summed E-state index contributed by atoms with van der Waals surface area (Å²) in [4.78, 5) is 3.63. The van der Waals surface area contributed by atoms with Crippen molar-refractivity contribution in [3.05, 3.63) is 47.4 Å². The molecule has 19 heavy (non-hydrogen) atoms. The second-order valence-corrected chi connectivity index (χ2v) is 6.42. The summed E-state index contributed by atoms with van der Waals surface area (Å²) < 4.78 is 40.2. The third-order valence-electron chi connectivity index (χ3n) is 2.10. The standard InChI is InChI=1S/C11H6Cl2FNO3S/c12-9-5-7(1-3-10(9)14)18-11-4-2-8(6-15-11)19(13,16)17/h1-6H. The molecule has 4 nitrogen and oxygen atoms in total. The van der Waals surface area contributed by atoms with Crippen LogP contribution in [0.5, 0.6) is 11.6 Å². The number of ether oxygens (including phenoxy) is 1. The van der Waals surface area contributed by atoms with Crippen LogP contribution in [0.25, 0.3) is 0 Å². The molecule has 0 spiro atoms. The lowest BCUT2D eigenvalue weighted by Crippen LogP contribution is -1.93. The van der Waals surface area contributed by atoms with Crippen LogP contribution in [-0.2, 0) is 9.05 Å². The van der Waals surface area contributed by atoms with E-state index in [1.54, 1.807) is 0 Å². The first-order chi connectivity index (χ1) is 8.86. The van der Waals surface area contributed by atoms with Crippen molar-refractivity contribution in [1.29, 1.82) is 0 Å². The van der Waals surface area contributed by atoms with E-state index in [9.17, 15) is 12.8 Å². The Kier molecular flexibility index (Phi) is 3.93. The topological polar surface area (TPSA) is 56.3 Å². The highest BCUT2D eigenvalue weighted by Gasteiger charge is 2.10. The van der Waals surface area contributed by atoms with E-state index < -0.39 is 14.9 Å². The second-order valence-electron chi connectivity index (χ2n) is 3.45. The van der Waals surface area contributed by atoms with E-state index in [0.717, 1.165) is 12.3 Å². The first kappa shape index (κ1) is 14.0. The summed E-state index contributed by atoms with van der Waals surface area (Å²) in [6.45, 7) is 0. The van der Waals surface area contributed by atoms with Gasteiger partial charge in [-0.05, 0) is 18.2 Å².